The van der Waals surface area contributed by atoms with E-state index in [0.29, 0.717) is 0 Å². The van der Waals surface area contributed by atoms with Gasteiger partial charge in [-0.3, -0.25) is 9.80 Å². The fourth-order valence-corrected chi connectivity index (χ4v) is 2.05. The van der Waals surface area contributed by atoms with E-state index in [4.69, 9.17) is 0 Å². The number of nitrogens with zero attached hydrogens (tertiary/aromatic N) is 2. The van der Waals surface area contributed by atoms with E-state index in [1.807, 2.05) is 0 Å². The number of hydrogen-bond acceptors (Lipinski definition) is 2. The van der Waals surface area contributed by atoms with Crippen LogP contribution in [0.25, 0.3) is 0 Å². The van der Waals surface area contributed by atoms with Crippen molar-refractivity contribution in [1.29, 1.82) is 0 Å². The van der Waals surface area contributed by atoms with Crippen molar-refractivity contribution in [2.45, 2.75) is 37.9 Å². The van der Waals surface area contributed by atoms with Gasteiger partial charge in [0.2, 0.25) is 0 Å². The van der Waals surface area contributed by atoms with E-state index >= 15 is 0 Å². The van der Waals surface area contributed by atoms with Gasteiger partial charge in [-0.25, -0.2) is 0 Å². The highest BCUT2D eigenvalue weighted by Gasteiger charge is 2.33. The van der Waals surface area contributed by atoms with Gasteiger partial charge in [-0.05, 0) is 33.4 Å². The fraction of sp³-hybridized carbons (Fsp3) is 1.00. The van der Waals surface area contributed by atoms with Gasteiger partial charge in [0.1, 0.15) is 0 Å². The van der Waals surface area contributed by atoms with Gasteiger partial charge in [-0.1, -0.05) is 6.42 Å². The third-order valence-electron chi connectivity index (χ3n) is 3.37. The van der Waals surface area contributed by atoms with Gasteiger partial charge in [0.25, 0.3) is 0 Å². The summed E-state index contributed by atoms with van der Waals surface area (Å²) in [4.78, 5) is 5.01. The van der Waals surface area contributed by atoms with E-state index in [1.165, 1.54) is 32.2 Å². The molecule has 1 atom stereocenters. The molecule has 1 aliphatic heterocycles. The molecule has 0 amide bonds. The quantitative estimate of drug-likeness (QED) is 0.588. The Morgan fingerprint density at radius 2 is 2.00 bits per heavy atom. The lowest BCUT2D eigenvalue weighted by Gasteiger charge is -2.49. The Kier molecular flexibility index (Phi) is 1.90. The third kappa shape index (κ3) is 1.18. The molecule has 0 aromatic rings. The van der Waals surface area contributed by atoms with Crippen LogP contribution in [-0.4, -0.2) is 42.6 Å². The van der Waals surface area contributed by atoms with Gasteiger partial charge < -0.3 is 0 Å². The zero-order valence-corrected chi connectivity index (χ0v) is 7.58. The molecule has 11 heavy (non-hydrogen) atoms. The van der Waals surface area contributed by atoms with E-state index in [1.54, 1.807) is 0 Å². The number of hydrogen-bond donors (Lipinski definition) is 0. The summed E-state index contributed by atoms with van der Waals surface area (Å²) >= 11 is 0. The monoisotopic (exact) mass is 154 g/mol. The maximum absolute atomic E-state index is 2.56. The molecule has 0 bridgehead atoms. The van der Waals surface area contributed by atoms with Crippen LogP contribution in [0.4, 0.5) is 0 Å². The summed E-state index contributed by atoms with van der Waals surface area (Å²) in [7, 11) is 4.51. The predicted molar refractivity (Wildman–Crippen MR) is 46.4 cm³/mol. The van der Waals surface area contributed by atoms with Gasteiger partial charge in [0, 0.05) is 12.6 Å². The van der Waals surface area contributed by atoms with Crippen LogP contribution in [0.5, 0.6) is 0 Å². The molecule has 64 valence electrons. The molecule has 1 heterocycles. The molecule has 2 heteroatoms. The maximum Gasteiger partial charge on any atom is 0.0632 e. The minimum absolute atomic E-state index is 0.764. The molecule has 0 aromatic heterocycles. The second-order valence-electron chi connectivity index (χ2n) is 4.00. The molecule has 2 rings (SSSR count). The second kappa shape index (κ2) is 2.76. The first-order valence-electron chi connectivity index (χ1n) is 4.71. The second-order valence-corrected chi connectivity index (χ2v) is 4.00. The lowest BCUT2D eigenvalue weighted by Crippen LogP contribution is -2.58. The minimum atomic E-state index is 0.764. The first-order valence-corrected chi connectivity index (χ1v) is 4.71. The molecule has 1 aliphatic carbocycles. The highest BCUT2D eigenvalue weighted by molar-refractivity contribution is 4.86. The van der Waals surface area contributed by atoms with Crippen molar-refractivity contribution in [3.05, 3.63) is 0 Å². The van der Waals surface area contributed by atoms with Crippen molar-refractivity contribution in [2.24, 2.45) is 0 Å². The van der Waals surface area contributed by atoms with Crippen molar-refractivity contribution in [3.63, 3.8) is 0 Å². The summed E-state index contributed by atoms with van der Waals surface area (Å²) in [6.07, 6.45) is 6.46. The average Bonchev–Trinajstić information content (AvgIpc) is 1.80. The van der Waals surface area contributed by atoms with Crippen LogP contribution in [0.2, 0.25) is 0 Å². The molecule has 2 aliphatic rings. The Morgan fingerprint density at radius 3 is 2.27 bits per heavy atom. The highest BCUT2D eigenvalue weighted by atomic mass is 15.4. The van der Waals surface area contributed by atoms with Crippen molar-refractivity contribution < 1.29 is 0 Å². The topological polar surface area (TPSA) is 6.48 Å². The number of rotatable bonds is 2. The Bertz CT molecular complexity index is 142. The van der Waals surface area contributed by atoms with Crippen molar-refractivity contribution >= 4 is 0 Å². The highest BCUT2D eigenvalue weighted by Crippen LogP contribution is 2.29. The van der Waals surface area contributed by atoms with E-state index in [-0.39, 0.29) is 0 Å². The fourth-order valence-electron chi connectivity index (χ4n) is 2.05. The van der Waals surface area contributed by atoms with Crippen LogP contribution >= 0.6 is 0 Å². The maximum atomic E-state index is 2.56. The summed E-state index contributed by atoms with van der Waals surface area (Å²) in [5.41, 5.74) is 0. The first kappa shape index (κ1) is 7.56. The van der Waals surface area contributed by atoms with E-state index in [2.05, 4.69) is 23.9 Å². The summed E-state index contributed by atoms with van der Waals surface area (Å²) < 4.78 is 0. The predicted octanol–water partition coefficient (Wildman–Crippen LogP) is 1.13. The molecule has 1 saturated carbocycles. The molecule has 0 N–H and O–H groups in total. The standard InChI is InChI=1S/C9H18N2/c1-10-7-6-9(10)11(2)8-4-3-5-8/h8-9H,3-7H2,1-2H3. The summed E-state index contributed by atoms with van der Waals surface area (Å²) in [6.45, 7) is 1.29. The summed E-state index contributed by atoms with van der Waals surface area (Å²) in [6, 6.07) is 0.905. The van der Waals surface area contributed by atoms with Gasteiger partial charge in [-0.2, -0.15) is 0 Å². The zero-order chi connectivity index (χ0) is 7.84. The normalized spacial score (nSPS) is 33.5. The molecule has 1 unspecified atom stereocenters. The van der Waals surface area contributed by atoms with Gasteiger partial charge in [-0.15, -0.1) is 0 Å². The van der Waals surface area contributed by atoms with E-state index in [9.17, 15) is 0 Å². The van der Waals surface area contributed by atoms with Crippen molar-refractivity contribution in [3.8, 4) is 0 Å². The summed E-state index contributed by atoms with van der Waals surface area (Å²) in [5, 5.41) is 0. The molecule has 1 saturated heterocycles. The van der Waals surface area contributed by atoms with Crippen molar-refractivity contribution in [1.82, 2.24) is 9.80 Å². The van der Waals surface area contributed by atoms with E-state index < -0.39 is 0 Å². The molecule has 0 spiro atoms. The summed E-state index contributed by atoms with van der Waals surface area (Å²) in [5.74, 6) is 0. The Hall–Kier alpha value is -0.0800. The van der Waals surface area contributed by atoms with Crippen LogP contribution < -0.4 is 0 Å². The molecule has 2 nitrogen and oxygen atoms in total. The van der Waals surface area contributed by atoms with Crippen LogP contribution in [-0.2, 0) is 0 Å². The largest absolute Gasteiger partial charge is 0.291 e. The van der Waals surface area contributed by atoms with Crippen LogP contribution in [0.3, 0.4) is 0 Å². The van der Waals surface area contributed by atoms with Gasteiger partial charge in [0.15, 0.2) is 0 Å². The average molecular weight is 154 g/mol. The zero-order valence-electron chi connectivity index (χ0n) is 7.58. The molecule has 0 aromatic carbocycles. The Labute approximate surface area is 69.2 Å². The van der Waals surface area contributed by atoms with Crippen LogP contribution in [0.1, 0.15) is 25.7 Å². The Morgan fingerprint density at radius 1 is 1.27 bits per heavy atom. The van der Waals surface area contributed by atoms with Gasteiger partial charge in [0.05, 0.1) is 6.17 Å². The van der Waals surface area contributed by atoms with Crippen LogP contribution in [0.15, 0.2) is 0 Å². The lowest BCUT2D eigenvalue weighted by molar-refractivity contribution is -0.0414. The molecule has 0 radical (unpaired) electrons. The smallest absolute Gasteiger partial charge is 0.0632 e. The molecular weight excluding hydrogens is 136 g/mol. The van der Waals surface area contributed by atoms with Crippen LogP contribution in [0, 0.1) is 0 Å². The SMILES string of the molecule is CN1CCC1N(C)C1CCC1. The first-order chi connectivity index (χ1) is 5.29. The Balaban J connectivity index is 1.83. The van der Waals surface area contributed by atoms with E-state index in [0.717, 1.165) is 12.2 Å². The van der Waals surface area contributed by atoms with Crippen molar-refractivity contribution in [2.75, 3.05) is 20.6 Å². The number of likely N-dealkylation sites (tertiary alicyclic amines) is 1. The third-order valence-corrected chi connectivity index (χ3v) is 3.37. The molecular formula is C9H18N2. The minimum Gasteiger partial charge on any atom is -0.291 e. The molecule has 2 fully saturated rings. The lowest BCUT2D eigenvalue weighted by atomic mass is 9.90. The van der Waals surface area contributed by atoms with Gasteiger partial charge >= 0.3 is 0 Å².